The number of allylic oxidation sites excluding steroid dienone is 1. The third kappa shape index (κ3) is 3.99. The molecule has 0 saturated heterocycles. The standard InChI is InChI=1S/C19H28Se/c1-5-6-7-8-13-17-16-12-10-9-11-15(16)14-18(20-17)19(2,3)4/h9-12,14,17H,5-8,13H2,1-4H3. The Hall–Kier alpha value is -0.521. The van der Waals surface area contributed by atoms with Crippen LogP contribution in [0.4, 0.5) is 0 Å². The van der Waals surface area contributed by atoms with Crippen LogP contribution >= 0.6 is 0 Å². The first-order chi connectivity index (χ1) is 9.52. The molecule has 0 fully saturated rings. The Balaban J connectivity index is 2.15. The number of hydrogen-bond donors (Lipinski definition) is 0. The average molecular weight is 335 g/mol. The molecule has 1 unspecified atom stereocenters. The molecular weight excluding hydrogens is 307 g/mol. The summed E-state index contributed by atoms with van der Waals surface area (Å²) in [4.78, 5) is 0.801. The monoisotopic (exact) mass is 336 g/mol. The van der Waals surface area contributed by atoms with Crippen LogP contribution in [0.3, 0.4) is 0 Å². The van der Waals surface area contributed by atoms with E-state index in [0.29, 0.717) is 20.4 Å². The van der Waals surface area contributed by atoms with Gasteiger partial charge in [0.1, 0.15) is 0 Å². The second-order valence-corrected chi connectivity index (χ2v) is 9.45. The molecule has 0 nitrogen and oxygen atoms in total. The number of fused-ring (bicyclic) bond motifs is 1. The van der Waals surface area contributed by atoms with Crippen LogP contribution in [0.2, 0.25) is 0 Å². The Morgan fingerprint density at radius 3 is 2.50 bits per heavy atom. The van der Waals surface area contributed by atoms with Gasteiger partial charge in [-0.05, 0) is 0 Å². The molecule has 1 aliphatic rings. The second kappa shape index (κ2) is 6.96. The van der Waals surface area contributed by atoms with Gasteiger partial charge in [0.25, 0.3) is 0 Å². The van der Waals surface area contributed by atoms with Gasteiger partial charge in [-0.1, -0.05) is 0 Å². The molecule has 2 rings (SSSR count). The van der Waals surface area contributed by atoms with Crippen molar-refractivity contribution >= 4 is 21.0 Å². The van der Waals surface area contributed by atoms with Crippen molar-refractivity contribution in [1.82, 2.24) is 0 Å². The predicted molar refractivity (Wildman–Crippen MR) is 91.1 cm³/mol. The summed E-state index contributed by atoms with van der Waals surface area (Å²) >= 11 is 0.624. The van der Waals surface area contributed by atoms with E-state index in [9.17, 15) is 0 Å². The molecule has 0 saturated carbocycles. The molecule has 0 aromatic heterocycles. The summed E-state index contributed by atoms with van der Waals surface area (Å²) < 4.78 is 1.68. The molecule has 1 heteroatoms. The number of hydrogen-bond acceptors (Lipinski definition) is 0. The molecule has 1 aromatic rings. The van der Waals surface area contributed by atoms with Gasteiger partial charge in [-0.2, -0.15) is 0 Å². The Morgan fingerprint density at radius 2 is 1.80 bits per heavy atom. The van der Waals surface area contributed by atoms with Crippen LogP contribution in [-0.4, -0.2) is 15.0 Å². The molecule has 0 aliphatic carbocycles. The van der Waals surface area contributed by atoms with E-state index in [2.05, 4.69) is 58.0 Å². The molecule has 1 heterocycles. The molecule has 1 aliphatic heterocycles. The van der Waals surface area contributed by atoms with Gasteiger partial charge in [0.2, 0.25) is 0 Å². The summed E-state index contributed by atoms with van der Waals surface area (Å²) in [5, 5.41) is 0. The average Bonchev–Trinajstić information content (AvgIpc) is 2.42. The van der Waals surface area contributed by atoms with Crippen molar-refractivity contribution < 1.29 is 0 Å². The van der Waals surface area contributed by atoms with E-state index in [1.165, 1.54) is 37.7 Å². The zero-order valence-electron chi connectivity index (χ0n) is 13.4. The first kappa shape index (κ1) is 15.9. The number of unbranched alkanes of at least 4 members (excludes halogenated alkanes) is 3. The predicted octanol–water partition coefficient (Wildman–Crippen LogP) is 5.80. The van der Waals surface area contributed by atoms with E-state index in [1.807, 2.05) is 0 Å². The van der Waals surface area contributed by atoms with Crippen LogP contribution in [0.15, 0.2) is 28.7 Å². The third-order valence-corrected chi connectivity index (χ3v) is 7.65. The first-order valence-corrected chi connectivity index (χ1v) is 9.84. The van der Waals surface area contributed by atoms with Crippen LogP contribution in [-0.2, 0) is 0 Å². The Morgan fingerprint density at radius 1 is 1.05 bits per heavy atom. The van der Waals surface area contributed by atoms with Crippen molar-refractivity contribution in [2.24, 2.45) is 5.41 Å². The van der Waals surface area contributed by atoms with Crippen molar-refractivity contribution in [1.29, 1.82) is 0 Å². The summed E-state index contributed by atoms with van der Waals surface area (Å²) in [5.74, 6) is 0. The van der Waals surface area contributed by atoms with Gasteiger partial charge in [-0.25, -0.2) is 0 Å². The molecule has 20 heavy (non-hydrogen) atoms. The molecule has 1 atom stereocenters. The molecule has 110 valence electrons. The quantitative estimate of drug-likeness (QED) is 0.471. The van der Waals surface area contributed by atoms with Gasteiger partial charge < -0.3 is 0 Å². The van der Waals surface area contributed by atoms with Crippen molar-refractivity contribution in [3.8, 4) is 0 Å². The van der Waals surface area contributed by atoms with Crippen LogP contribution in [0.5, 0.6) is 0 Å². The van der Waals surface area contributed by atoms with Gasteiger partial charge in [-0.3, -0.25) is 0 Å². The molecule has 0 amide bonds. The SMILES string of the molecule is CCCCCCC1[Se]C(C(C)(C)C)=Cc2ccccc21. The number of benzene rings is 1. The maximum atomic E-state index is 2.47. The van der Waals surface area contributed by atoms with Crippen LogP contribution in [0.1, 0.15) is 75.7 Å². The van der Waals surface area contributed by atoms with Gasteiger partial charge in [0, 0.05) is 0 Å². The minimum atomic E-state index is 0.329. The topological polar surface area (TPSA) is 0 Å². The normalized spacial score (nSPS) is 18.6. The fourth-order valence-corrected chi connectivity index (χ4v) is 5.80. The van der Waals surface area contributed by atoms with Crippen molar-refractivity contribution in [2.75, 3.05) is 0 Å². The summed E-state index contributed by atoms with van der Waals surface area (Å²) in [6.45, 7) is 9.38. The maximum absolute atomic E-state index is 2.47. The zero-order valence-corrected chi connectivity index (χ0v) is 15.1. The number of rotatable bonds is 5. The van der Waals surface area contributed by atoms with Crippen molar-refractivity contribution in [3.05, 3.63) is 39.9 Å². The third-order valence-electron chi connectivity index (χ3n) is 3.96. The van der Waals surface area contributed by atoms with E-state index < -0.39 is 0 Å². The molecular formula is C19H28Se. The van der Waals surface area contributed by atoms with Gasteiger partial charge >= 0.3 is 131 Å². The van der Waals surface area contributed by atoms with Crippen LogP contribution < -0.4 is 0 Å². The van der Waals surface area contributed by atoms with Gasteiger partial charge in [-0.15, -0.1) is 0 Å². The van der Waals surface area contributed by atoms with Gasteiger partial charge in [0.05, 0.1) is 0 Å². The van der Waals surface area contributed by atoms with E-state index >= 15 is 0 Å². The van der Waals surface area contributed by atoms with E-state index in [1.54, 1.807) is 10.0 Å². The molecule has 0 N–H and O–H groups in total. The summed E-state index contributed by atoms with van der Waals surface area (Å²) in [6, 6.07) is 9.05. The second-order valence-electron chi connectivity index (χ2n) is 6.84. The van der Waals surface area contributed by atoms with Crippen LogP contribution in [0, 0.1) is 5.41 Å². The van der Waals surface area contributed by atoms with Crippen LogP contribution in [0.25, 0.3) is 6.08 Å². The molecule has 0 spiro atoms. The van der Waals surface area contributed by atoms with E-state index in [4.69, 9.17) is 0 Å². The molecule has 0 radical (unpaired) electrons. The summed E-state index contributed by atoms with van der Waals surface area (Å²) in [6.07, 6.45) is 9.37. The Kier molecular flexibility index (Phi) is 5.52. The zero-order chi connectivity index (χ0) is 14.6. The van der Waals surface area contributed by atoms with E-state index in [0.717, 1.165) is 4.82 Å². The Labute approximate surface area is 131 Å². The van der Waals surface area contributed by atoms with E-state index in [-0.39, 0.29) is 0 Å². The first-order valence-electron chi connectivity index (χ1n) is 8.00. The van der Waals surface area contributed by atoms with Crippen molar-refractivity contribution in [2.45, 2.75) is 64.6 Å². The molecule has 0 bridgehead atoms. The summed E-state index contributed by atoms with van der Waals surface area (Å²) in [7, 11) is 0. The van der Waals surface area contributed by atoms with Crippen molar-refractivity contribution in [3.63, 3.8) is 0 Å². The van der Waals surface area contributed by atoms with Gasteiger partial charge in [0.15, 0.2) is 0 Å². The minimum absolute atomic E-state index is 0.329. The fourth-order valence-electron chi connectivity index (χ4n) is 2.69. The fraction of sp³-hybridized carbons (Fsp3) is 0.579. The Bertz CT molecular complexity index is 465. The summed E-state index contributed by atoms with van der Waals surface area (Å²) in [5.41, 5.74) is 3.41. The molecule has 1 aromatic carbocycles.